The monoisotopic (exact) mass is 206 g/mol. The molecule has 1 aromatic carbocycles. The van der Waals surface area contributed by atoms with Crippen LogP contribution in [-0.4, -0.2) is 11.1 Å². The van der Waals surface area contributed by atoms with Gasteiger partial charge in [0.15, 0.2) is 0 Å². The maximum Gasteiger partial charge on any atom is 0.335 e. The third kappa shape index (κ3) is 2.38. The number of hydrogen-bond acceptors (Lipinski definition) is 1. The number of aromatic carboxylic acids is 1. The van der Waals surface area contributed by atoms with E-state index in [0.717, 1.165) is 17.5 Å². The lowest BCUT2D eigenvalue weighted by Gasteiger charge is -2.25. The Morgan fingerprint density at radius 3 is 2.47 bits per heavy atom. The molecule has 2 nitrogen and oxygen atoms in total. The van der Waals surface area contributed by atoms with Gasteiger partial charge in [0.2, 0.25) is 0 Å². The van der Waals surface area contributed by atoms with Crippen LogP contribution >= 0.6 is 0 Å². The summed E-state index contributed by atoms with van der Waals surface area (Å²) < 4.78 is 0. The fraction of sp³-hybridized carbons (Fsp3) is 0.462. The average molecular weight is 206 g/mol. The van der Waals surface area contributed by atoms with E-state index in [9.17, 15) is 4.79 Å². The van der Waals surface area contributed by atoms with Gasteiger partial charge in [-0.15, -0.1) is 0 Å². The van der Waals surface area contributed by atoms with E-state index in [2.05, 4.69) is 20.8 Å². The first-order chi connectivity index (χ1) is 6.88. The first-order valence-electron chi connectivity index (χ1n) is 5.23. The number of carboxylic acid groups (broad SMARTS) is 1. The van der Waals surface area contributed by atoms with Gasteiger partial charge >= 0.3 is 5.97 Å². The van der Waals surface area contributed by atoms with E-state index < -0.39 is 5.97 Å². The van der Waals surface area contributed by atoms with Crippen molar-refractivity contribution >= 4 is 5.97 Å². The summed E-state index contributed by atoms with van der Waals surface area (Å²) in [4.78, 5) is 10.9. The molecule has 0 saturated heterocycles. The van der Waals surface area contributed by atoms with Crippen LogP contribution in [-0.2, 0) is 5.41 Å². The molecule has 15 heavy (non-hydrogen) atoms. The molecule has 1 rings (SSSR count). The summed E-state index contributed by atoms with van der Waals surface area (Å²) >= 11 is 0. The standard InChI is InChI=1S/C13H18O2/c1-5-13(3,4)11-8-10(12(14)15)7-6-9(11)2/h6-8H,5H2,1-4H3,(H,14,15). The predicted molar refractivity (Wildman–Crippen MR) is 61.5 cm³/mol. The fourth-order valence-electron chi connectivity index (χ4n) is 1.67. The number of carboxylic acids is 1. The normalized spacial score (nSPS) is 11.5. The molecule has 0 heterocycles. The Morgan fingerprint density at radius 1 is 1.40 bits per heavy atom. The molecule has 0 aliphatic heterocycles. The molecule has 0 aromatic heterocycles. The van der Waals surface area contributed by atoms with Gasteiger partial charge in [-0.2, -0.15) is 0 Å². The highest BCUT2D eigenvalue weighted by Crippen LogP contribution is 2.30. The van der Waals surface area contributed by atoms with E-state index in [1.54, 1.807) is 12.1 Å². The molecule has 1 N–H and O–H groups in total. The Balaban J connectivity index is 3.28. The van der Waals surface area contributed by atoms with Gasteiger partial charge in [-0.05, 0) is 42.0 Å². The van der Waals surface area contributed by atoms with Gasteiger partial charge in [0.25, 0.3) is 0 Å². The number of benzene rings is 1. The molecule has 82 valence electrons. The van der Waals surface area contributed by atoms with Crippen molar-refractivity contribution in [3.8, 4) is 0 Å². The Morgan fingerprint density at radius 2 is 2.00 bits per heavy atom. The van der Waals surface area contributed by atoms with Crippen LogP contribution in [0.15, 0.2) is 18.2 Å². The van der Waals surface area contributed by atoms with E-state index in [1.807, 2.05) is 13.0 Å². The molecule has 0 radical (unpaired) electrons. The molecule has 0 amide bonds. The van der Waals surface area contributed by atoms with E-state index in [-0.39, 0.29) is 5.41 Å². The smallest absolute Gasteiger partial charge is 0.335 e. The molecule has 0 aliphatic rings. The number of hydrogen-bond donors (Lipinski definition) is 1. The first kappa shape index (κ1) is 11.8. The molecule has 2 heteroatoms. The highest BCUT2D eigenvalue weighted by molar-refractivity contribution is 5.88. The quantitative estimate of drug-likeness (QED) is 0.823. The second-order valence-electron chi connectivity index (χ2n) is 4.57. The molecule has 0 saturated carbocycles. The Kier molecular flexibility index (Phi) is 3.18. The van der Waals surface area contributed by atoms with Crippen molar-refractivity contribution in [2.45, 2.75) is 39.5 Å². The summed E-state index contributed by atoms with van der Waals surface area (Å²) in [6.07, 6.45) is 0.997. The Hall–Kier alpha value is -1.31. The SMILES string of the molecule is CCC(C)(C)c1cc(C(=O)O)ccc1C. The lowest BCUT2D eigenvalue weighted by atomic mass is 9.79. The van der Waals surface area contributed by atoms with Crippen LogP contribution in [0, 0.1) is 6.92 Å². The zero-order valence-electron chi connectivity index (χ0n) is 9.79. The first-order valence-corrected chi connectivity index (χ1v) is 5.23. The van der Waals surface area contributed by atoms with Gasteiger partial charge in [-0.3, -0.25) is 0 Å². The van der Waals surface area contributed by atoms with Crippen molar-refractivity contribution < 1.29 is 9.90 Å². The van der Waals surface area contributed by atoms with Crippen molar-refractivity contribution in [2.24, 2.45) is 0 Å². The molecule has 0 unspecified atom stereocenters. The number of carbonyl (C=O) groups is 1. The van der Waals surface area contributed by atoms with E-state index in [1.165, 1.54) is 0 Å². The van der Waals surface area contributed by atoms with Crippen LogP contribution < -0.4 is 0 Å². The summed E-state index contributed by atoms with van der Waals surface area (Å²) in [5.74, 6) is -0.858. The molecule has 0 bridgehead atoms. The van der Waals surface area contributed by atoms with Gasteiger partial charge in [-0.25, -0.2) is 4.79 Å². The van der Waals surface area contributed by atoms with Crippen LogP contribution in [0.2, 0.25) is 0 Å². The topological polar surface area (TPSA) is 37.3 Å². The molecule has 0 fully saturated rings. The summed E-state index contributed by atoms with van der Waals surface area (Å²) in [6, 6.07) is 5.34. The summed E-state index contributed by atoms with van der Waals surface area (Å²) in [5.41, 5.74) is 2.70. The van der Waals surface area contributed by atoms with E-state index in [0.29, 0.717) is 5.56 Å². The zero-order chi connectivity index (χ0) is 11.6. The van der Waals surface area contributed by atoms with Crippen LogP contribution in [0.25, 0.3) is 0 Å². The van der Waals surface area contributed by atoms with Gasteiger partial charge in [-0.1, -0.05) is 26.8 Å². The molecule has 1 aromatic rings. The van der Waals surface area contributed by atoms with E-state index >= 15 is 0 Å². The summed E-state index contributed by atoms with van der Waals surface area (Å²) in [5, 5.41) is 8.94. The molecule has 0 spiro atoms. The van der Waals surface area contributed by atoms with Crippen LogP contribution in [0.4, 0.5) is 0 Å². The lowest BCUT2D eigenvalue weighted by molar-refractivity contribution is 0.0696. The predicted octanol–water partition coefficient (Wildman–Crippen LogP) is 3.38. The highest BCUT2D eigenvalue weighted by atomic mass is 16.4. The van der Waals surface area contributed by atoms with Gasteiger partial charge in [0.05, 0.1) is 5.56 Å². The molecular formula is C13H18O2. The molecule has 0 atom stereocenters. The van der Waals surface area contributed by atoms with Crippen LogP contribution in [0.5, 0.6) is 0 Å². The van der Waals surface area contributed by atoms with Gasteiger partial charge < -0.3 is 5.11 Å². The molecular weight excluding hydrogens is 188 g/mol. The van der Waals surface area contributed by atoms with Crippen LogP contribution in [0.3, 0.4) is 0 Å². The number of rotatable bonds is 3. The fourth-order valence-corrected chi connectivity index (χ4v) is 1.67. The minimum atomic E-state index is -0.858. The molecule has 0 aliphatic carbocycles. The average Bonchev–Trinajstić information content (AvgIpc) is 2.17. The number of aryl methyl sites for hydroxylation is 1. The Bertz CT molecular complexity index is 378. The minimum absolute atomic E-state index is 0.0372. The van der Waals surface area contributed by atoms with Crippen molar-refractivity contribution in [1.29, 1.82) is 0 Å². The van der Waals surface area contributed by atoms with Gasteiger partial charge in [0.1, 0.15) is 0 Å². The zero-order valence-corrected chi connectivity index (χ0v) is 9.79. The summed E-state index contributed by atoms with van der Waals surface area (Å²) in [7, 11) is 0. The second-order valence-corrected chi connectivity index (χ2v) is 4.57. The van der Waals surface area contributed by atoms with Crippen molar-refractivity contribution in [2.75, 3.05) is 0 Å². The van der Waals surface area contributed by atoms with Crippen LogP contribution in [0.1, 0.15) is 48.7 Å². The third-order valence-electron chi connectivity index (χ3n) is 3.10. The maximum atomic E-state index is 10.9. The van der Waals surface area contributed by atoms with Gasteiger partial charge in [0, 0.05) is 0 Å². The largest absolute Gasteiger partial charge is 0.478 e. The van der Waals surface area contributed by atoms with E-state index in [4.69, 9.17) is 5.11 Å². The van der Waals surface area contributed by atoms with Crippen molar-refractivity contribution in [3.63, 3.8) is 0 Å². The summed E-state index contributed by atoms with van der Waals surface area (Å²) in [6.45, 7) is 8.42. The van der Waals surface area contributed by atoms with Crippen molar-refractivity contribution in [3.05, 3.63) is 34.9 Å². The lowest BCUT2D eigenvalue weighted by Crippen LogP contribution is -2.18. The third-order valence-corrected chi connectivity index (χ3v) is 3.10. The maximum absolute atomic E-state index is 10.9. The second kappa shape index (κ2) is 4.05. The van der Waals surface area contributed by atoms with Crippen molar-refractivity contribution in [1.82, 2.24) is 0 Å². The minimum Gasteiger partial charge on any atom is -0.478 e. The highest BCUT2D eigenvalue weighted by Gasteiger charge is 2.21. The Labute approximate surface area is 90.9 Å².